The number of hydrogen-bond acceptors (Lipinski definition) is 5. The van der Waals surface area contributed by atoms with Gasteiger partial charge in [0.25, 0.3) is 5.69 Å². The molecule has 0 bridgehead atoms. The third kappa shape index (κ3) is 2.57. The zero-order valence-corrected chi connectivity index (χ0v) is 10.6. The number of nitro groups is 1. The summed E-state index contributed by atoms with van der Waals surface area (Å²) >= 11 is 0. The number of nitrogens with zero attached hydrogens (tertiary/aromatic N) is 2. The summed E-state index contributed by atoms with van der Waals surface area (Å²) in [6.45, 7) is 0.274. The van der Waals surface area contributed by atoms with Gasteiger partial charge in [-0.15, -0.1) is 0 Å². The van der Waals surface area contributed by atoms with E-state index in [1.165, 1.54) is 0 Å². The summed E-state index contributed by atoms with van der Waals surface area (Å²) in [5.41, 5.74) is 5.14. The average molecular weight is 289 g/mol. The zero-order chi connectivity index (χ0) is 14.2. The number of halogens is 1. The van der Waals surface area contributed by atoms with E-state index in [0.29, 0.717) is 6.42 Å². The Bertz CT molecular complexity index is 619. The SMILES string of the molecule is NC1CCN(S(=O)(=O)c2cc([N+](=O)[O-])ccc2F)C1. The van der Waals surface area contributed by atoms with Crippen molar-refractivity contribution in [3.05, 3.63) is 34.1 Å². The molecular formula is C10H12FN3O4S. The second-order valence-electron chi connectivity index (χ2n) is 4.28. The van der Waals surface area contributed by atoms with Crippen LogP contribution in [0.2, 0.25) is 0 Å². The maximum Gasteiger partial charge on any atom is 0.270 e. The van der Waals surface area contributed by atoms with Gasteiger partial charge in [-0.05, 0) is 12.5 Å². The van der Waals surface area contributed by atoms with Crippen LogP contribution in [0, 0.1) is 15.9 Å². The summed E-state index contributed by atoms with van der Waals surface area (Å²) in [4.78, 5) is 9.17. The van der Waals surface area contributed by atoms with E-state index in [4.69, 9.17) is 5.73 Å². The molecule has 0 saturated carbocycles. The van der Waals surface area contributed by atoms with Crippen molar-refractivity contribution >= 4 is 15.7 Å². The summed E-state index contributed by atoms with van der Waals surface area (Å²) in [6, 6.07) is 2.14. The molecule has 1 fully saturated rings. The minimum absolute atomic E-state index is 0.0878. The lowest BCUT2D eigenvalue weighted by atomic mass is 10.3. The van der Waals surface area contributed by atoms with E-state index in [2.05, 4.69) is 0 Å². The Morgan fingerprint density at radius 3 is 2.68 bits per heavy atom. The molecule has 2 rings (SSSR count). The van der Waals surface area contributed by atoms with Gasteiger partial charge < -0.3 is 5.73 Å². The van der Waals surface area contributed by atoms with Gasteiger partial charge in [0.2, 0.25) is 10.0 Å². The van der Waals surface area contributed by atoms with Crippen LogP contribution in [0.15, 0.2) is 23.1 Å². The smallest absolute Gasteiger partial charge is 0.270 e. The highest BCUT2D eigenvalue weighted by Gasteiger charge is 2.33. The number of nitro benzene ring substituents is 1. The number of hydrogen-bond donors (Lipinski definition) is 1. The van der Waals surface area contributed by atoms with Gasteiger partial charge in [0.15, 0.2) is 0 Å². The standard InChI is InChI=1S/C10H12FN3O4S/c11-9-2-1-8(14(15)16)5-10(9)19(17,18)13-4-3-7(12)6-13/h1-2,5,7H,3-4,6,12H2. The second-order valence-corrected chi connectivity index (χ2v) is 6.19. The molecule has 1 aromatic carbocycles. The Balaban J connectivity index is 2.45. The zero-order valence-electron chi connectivity index (χ0n) is 9.82. The fraction of sp³-hybridized carbons (Fsp3) is 0.400. The van der Waals surface area contributed by atoms with Gasteiger partial charge in [-0.2, -0.15) is 4.31 Å². The summed E-state index contributed by atoms with van der Waals surface area (Å²) in [6.07, 6.45) is 0.482. The van der Waals surface area contributed by atoms with E-state index in [-0.39, 0.29) is 19.1 Å². The number of rotatable bonds is 3. The summed E-state index contributed by atoms with van der Waals surface area (Å²) in [7, 11) is -4.08. The van der Waals surface area contributed by atoms with Gasteiger partial charge in [0.1, 0.15) is 10.7 Å². The van der Waals surface area contributed by atoms with E-state index >= 15 is 0 Å². The fourth-order valence-corrected chi connectivity index (χ4v) is 3.51. The first-order chi connectivity index (χ1) is 8.82. The highest BCUT2D eigenvalue weighted by atomic mass is 32.2. The monoisotopic (exact) mass is 289 g/mol. The van der Waals surface area contributed by atoms with E-state index < -0.39 is 31.3 Å². The number of sulfonamides is 1. The molecule has 0 aromatic heterocycles. The predicted octanol–water partition coefficient (Wildman–Crippen LogP) is 0.456. The van der Waals surface area contributed by atoms with Crippen molar-refractivity contribution in [2.45, 2.75) is 17.4 Å². The van der Waals surface area contributed by atoms with Gasteiger partial charge >= 0.3 is 0 Å². The molecule has 1 heterocycles. The Kier molecular flexibility index (Phi) is 3.52. The quantitative estimate of drug-likeness (QED) is 0.642. The Labute approximate surface area is 109 Å². The van der Waals surface area contributed by atoms with E-state index in [1.54, 1.807) is 0 Å². The third-order valence-corrected chi connectivity index (χ3v) is 4.81. The largest absolute Gasteiger partial charge is 0.326 e. The topological polar surface area (TPSA) is 107 Å². The Hall–Kier alpha value is -1.58. The van der Waals surface area contributed by atoms with Crippen LogP contribution in [0.25, 0.3) is 0 Å². The molecule has 1 atom stereocenters. The second kappa shape index (κ2) is 4.83. The van der Waals surface area contributed by atoms with Gasteiger partial charge in [0.05, 0.1) is 4.92 Å². The molecule has 0 amide bonds. The van der Waals surface area contributed by atoms with Crippen LogP contribution in [0.5, 0.6) is 0 Å². The average Bonchev–Trinajstić information content (AvgIpc) is 2.76. The molecule has 1 saturated heterocycles. The van der Waals surface area contributed by atoms with Gasteiger partial charge in [-0.3, -0.25) is 10.1 Å². The first-order valence-electron chi connectivity index (χ1n) is 5.52. The number of benzene rings is 1. The van der Waals surface area contributed by atoms with Crippen molar-refractivity contribution in [2.75, 3.05) is 13.1 Å². The van der Waals surface area contributed by atoms with Crippen molar-refractivity contribution in [3.8, 4) is 0 Å². The lowest BCUT2D eigenvalue weighted by Gasteiger charge is -2.16. The number of non-ortho nitro benzene ring substituents is 1. The highest BCUT2D eigenvalue weighted by molar-refractivity contribution is 7.89. The molecule has 1 aliphatic rings. The van der Waals surface area contributed by atoms with E-state index in [1.807, 2.05) is 0 Å². The van der Waals surface area contributed by atoms with E-state index in [9.17, 15) is 22.9 Å². The molecule has 7 nitrogen and oxygen atoms in total. The Morgan fingerprint density at radius 1 is 1.47 bits per heavy atom. The third-order valence-electron chi connectivity index (χ3n) is 2.93. The molecule has 1 aliphatic heterocycles. The molecule has 0 radical (unpaired) electrons. The molecular weight excluding hydrogens is 277 g/mol. The van der Waals surface area contributed by atoms with Crippen molar-refractivity contribution in [2.24, 2.45) is 5.73 Å². The maximum absolute atomic E-state index is 13.6. The van der Waals surface area contributed by atoms with Crippen molar-refractivity contribution in [3.63, 3.8) is 0 Å². The van der Waals surface area contributed by atoms with Crippen LogP contribution in [0.4, 0.5) is 10.1 Å². The normalized spacial score (nSPS) is 20.6. The van der Waals surface area contributed by atoms with Crippen molar-refractivity contribution < 1.29 is 17.7 Å². The molecule has 2 N–H and O–H groups in total. The summed E-state index contributed by atoms with van der Waals surface area (Å²) < 4.78 is 39.0. The van der Waals surface area contributed by atoms with Crippen molar-refractivity contribution in [1.29, 1.82) is 0 Å². The lowest BCUT2D eigenvalue weighted by molar-refractivity contribution is -0.385. The fourth-order valence-electron chi connectivity index (χ4n) is 1.91. The lowest BCUT2D eigenvalue weighted by Crippen LogP contribution is -2.32. The maximum atomic E-state index is 13.6. The first kappa shape index (κ1) is 13.8. The van der Waals surface area contributed by atoms with Crippen molar-refractivity contribution in [1.82, 2.24) is 4.31 Å². The first-order valence-corrected chi connectivity index (χ1v) is 6.96. The Morgan fingerprint density at radius 2 is 2.16 bits per heavy atom. The van der Waals surface area contributed by atoms with Crippen LogP contribution in [0.3, 0.4) is 0 Å². The molecule has 0 aliphatic carbocycles. The molecule has 19 heavy (non-hydrogen) atoms. The summed E-state index contributed by atoms with van der Waals surface area (Å²) in [5.74, 6) is -1.01. The highest BCUT2D eigenvalue weighted by Crippen LogP contribution is 2.26. The molecule has 1 unspecified atom stereocenters. The molecule has 9 heteroatoms. The van der Waals surface area contributed by atoms with Crippen LogP contribution >= 0.6 is 0 Å². The van der Waals surface area contributed by atoms with Crippen LogP contribution < -0.4 is 5.73 Å². The van der Waals surface area contributed by atoms with E-state index in [0.717, 1.165) is 22.5 Å². The van der Waals surface area contributed by atoms with Crippen LogP contribution in [0.1, 0.15) is 6.42 Å². The minimum atomic E-state index is -4.08. The summed E-state index contributed by atoms with van der Waals surface area (Å²) in [5, 5.41) is 10.6. The molecule has 104 valence electrons. The number of nitrogens with two attached hydrogens (primary N) is 1. The molecule has 0 spiro atoms. The molecule has 1 aromatic rings. The minimum Gasteiger partial charge on any atom is -0.326 e. The predicted molar refractivity (Wildman–Crippen MR) is 64.4 cm³/mol. The van der Waals surface area contributed by atoms with Crippen LogP contribution in [-0.4, -0.2) is 36.8 Å². The van der Waals surface area contributed by atoms with Gasteiger partial charge in [0, 0.05) is 31.3 Å². The van der Waals surface area contributed by atoms with Crippen LogP contribution in [-0.2, 0) is 10.0 Å². The van der Waals surface area contributed by atoms with Gasteiger partial charge in [-0.1, -0.05) is 0 Å². The van der Waals surface area contributed by atoms with Gasteiger partial charge in [-0.25, -0.2) is 12.8 Å².